The minimum Gasteiger partial charge on any atom is -0.456 e. The van der Waals surface area contributed by atoms with Gasteiger partial charge in [-0.2, -0.15) is 0 Å². The molecule has 8 rings (SSSR count). The van der Waals surface area contributed by atoms with E-state index in [2.05, 4.69) is 157 Å². The van der Waals surface area contributed by atoms with Crippen molar-refractivity contribution in [1.29, 1.82) is 0 Å². The maximum atomic E-state index is 6.21. The number of anilines is 3. The van der Waals surface area contributed by atoms with Gasteiger partial charge in [0, 0.05) is 27.8 Å². The van der Waals surface area contributed by atoms with Gasteiger partial charge in [0.1, 0.15) is 11.2 Å². The van der Waals surface area contributed by atoms with E-state index < -0.39 is 0 Å². The van der Waals surface area contributed by atoms with Crippen molar-refractivity contribution < 1.29 is 4.42 Å². The van der Waals surface area contributed by atoms with Gasteiger partial charge in [-0.05, 0) is 93.7 Å². The lowest BCUT2D eigenvalue weighted by Gasteiger charge is -2.26. The Labute approximate surface area is 244 Å². The van der Waals surface area contributed by atoms with Crippen molar-refractivity contribution in [3.05, 3.63) is 164 Å². The fraction of sp³-hybridized carbons (Fsp3) is 0. The number of benzene rings is 7. The van der Waals surface area contributed by atoms with Gasteiger partial charge in [-0.1, -0.05) is 103 Å². The van der Waals surface area contributed by atoms with Crippen LogP contribution in [0.5, 0.6) is 0 Å². The Hall–Kier alpha value is -5.60. The summed E-state index contributed by atoms with van der Waals surface area (Å²) in [5, 5.41) is 4.64. The number of hydrogen-bond acceptors (Lipinski definition) is 2. The molecule has 1 heterocycles. The van der Waals surface area contributed by atoms with Gasteiger partial charge in [-0.25, -0.2) is 0 Å². The molecule has 0 unspecified atom stereocenters. The summed E-state index contributed by atoms with van der Waals surface area (Å²) in [6.45, 7) is 0. The minimum atomic E-state index is 0.911. The zero-order valence-corrected chi connectivity index (χ0v) is 22.9. The summed E-state index contributed by atoms with van der Waals surface area (Å²) in [5.74, 6) is 0. The highest BCUT2D eigenvalue weighted by atomic mass is 16.3. The number of nitrogens with zero attached hydrogens (tertiary/aromatic N) is 1. The van der Waals surface area contributed by atoms with E-state index in [1.807, 2.05) is 12.1 Å². The first-order valence-corrected chi connectivity index (χ1v) is 14.3. The van der Waals surface area contributed by atoms with Gasteiger partial charge in [0.15, 0.2) is 0 Å². The molecule has 0 bridgehead atoms. The molecule has 0 fully saturated rings. The number of hydrogen-bond donors (Lipinski definition) is 0. The molecule has 0 atom stereocenters. The first-order valence-electron chi connectivity index (χ1n) is 14.3. The van der Waals surface area contributed by atoms with E-state index in [0.717, 1.165) is 44.4 Å². The predicted octanol–water partition coefficient (Wildman–Crippen LogP) is 11.5. The van der Waals surface area contributed by atoms with Crippen LogP contribution in [-0.4, -0.2) is 0 Å². The van der Waals surface area contributed by atoms with E-state index in [1.165, 1.54) is 27.6 Å². The van der Waals surface area contributed by atoms with Gasteiger partial charge in [-0.3, -0.25) is 0 Å². The molecule has 42 heavy (non-hydrogen) atoms. The molecule has 0 aliphatic rings. The molecule has 0 N–H and O–H groups in total. The Bertz CT molecular complexity index is 2180. The third-order valence-electron chi connectivity index (χ3n) is 8.02. The highest BCUT2D eigenvalue weighted by Crippen LogP contribution is 2.39. The van der Waals surface area contributed by atoms with Crippen LogP contribution in [0.2, 0.25) is 0 Å². The Balaban J connectivity index is 1.20. The first kappa shape index (κ1) is 24.2. The van der Waals surface area contributed by atoms with E-state index in [1.54, 1.807) is 0 Å². The second kappa shape index (κ2) is 10.1. The number of rotatable bonds is 5. The van der Waals surface area contributed by atoms with Crippen LogP contribution in [0, 0.1) is 0 Å². The topological polar surface area (TPSA) is 16.4 Å². The smallest absolute Gasteiger partial charge is 0.136 e. The molecule has 198 valence electrons. The molecule has 2 nitrogen and oxygen atoms in total. The molecular weight excluding hydrogens is 510 g/mol. The average molecular weight is 538 g/mol. The van der Waals surface area contributed by atoms with Crippen LogP contribution in [0.15, 0.2) is 168 Å². The number of furan rings is 1. The predicted molar refractivity (Wildman–Crippen MR) is 177 cm³/mol. The lowest BCUT2D eigenvalue weighted by atomic mass is 9.99. The van der Waals surface area contributed by atoms with Gasteiger partial charge in [0.2, 0.25) is 0 Å². The third-order valence-corrected chi connectivity index (χ3v) is 8.02. The van der Waals surface area contributed by atoms with Crippen molar-refractivity contribution >= 4 is 49.8 Å². The molecule has 0 saturated heterocycles. The monoisotopic (exact) mass is 537 g/mol. The van der Waals surface area contributed by atoms with Crippen molar-refractivity contribution in [2.24, 2.45) is 0 Å². The van der Waals surface area contributed by atoms with E-state index in [-0.39, 0.29) is 0 Å². The molecule has 0 radical (unpaired) electrons. The average Bonchev–Trinajstić information content (AvgIpc) is 3.42. The summed E-state index contributed by atoms with van der Waals surface area (Å²) in [6.07, 6.45) is 0. The maximum absolute atomic E-state index is 6.21. The second-order valence-electron chi connectivity index (χ2n) is 10.6. The fourth-order valence-electron chi connectivity index (χ4n) is 5.93. The van der Waals surface area contributed by atoms with Crippen molar-refractivity contribution in [2.75, 3.05) is 4.90 Å². The van der Waals surface area contributed by atoms with Crippen LogP contribution in [0.3, 0.4) is 0 Å². The summed E-state index contributed by atoms with van der Waals surface area (Å²) in [7, 11) is 0. The summed E-state index contributed by atoms with van der Waals surface area (Å²) < 4.78 is 6.21. The largest absolute Gasteiger partial charge is 0.456 e. The number of para-hydroxylation sites is 2. The van der Waals surface area contributed by atoms with Crippen LogP contribution in [0.1, 0.15) is 0 Å². The normalized spacial score (nSPS) is 11.3. The Kier molecular flexibility index (Phi) is 5.82. The highest BCUT2D eigenvalue weighted by molar-refractivity contribution is 6.10. The molecule has 0 spiro atoms. The standard InChI is InChI=1S/C40H27NO/c1-3-10-28(11-4-1)30-12-9-13-31(24-30)29-18-21-35(22-19-29)41(34-14-5-2-6-15-34)36-23-20-32-26-38-37-16-7-8-17-39(37)42-40(38)27-33(32)25-36/h1-27H. The lowest BCUT2D eigenvalue weighted by Crippen LogP contribution is -2.09. The molecule has 0 aliphatic heterocycles. The van der Waals surface area contributed by atoms with E-state index in [9.17, 15) is 0 Å². The van der Waals surface area contributed by atoms with Crippen LogP contribution in [-0.2, 0) is 0 Å². The first-order chi connectivity index (χ1) is 20.8. The second-order valence-corrected chi connectivity index (χ2v) is 10.6. The lowest BCUT2D eigenvalue weighted by molar-refractivity contribution is 0.669. The third kappa shape index (κ3) is 4.31. The molecule has 0 amide bonds. The van der Waals surface area contributed by atoms with Gasteiger partial charge in [-0.15, -0.1) is 0 Å². The van der Waals surface area contributed by atoms with Crippen LogP contribution >= 0.6 is 0 Å². The van der Waals surface area contributed by atoms with Crippen molar-refractivity contribution in [2.45, 2.75) is 0 Å². The fourth-order valence-corrected chi connectivity index (χ4v) is 5.93. The van der Waals surface area contributed by atoms with Crippen LogP contribution in [0.4, 0.5) is 17.1 Å². The van der Waals surface area contributed by atoms with Gasteiger partial charge in [0.25, 0.3) is 0 Å². The SMILES string of the molecule is c1ccc(-c2cccc(-c3ccc(N(c4ccccc4)c4ccc5cc6c(cc5c4)oc4ccccc46)cc3)c2)cc1. The number of fused-ring (bicyclic) bond motifs is 4. The van der Waals surface area contributed by atoms with Crippen molar-refractivity contribution in [3.8, 4) is 22.3 Å². The Morgan fingerprint density at radius 2 is 0.952 bits per heavy atom. The Morgan fingerprint density at radius 3 is 1.74 bits per heavy atom. The zero-order valence-electron chi connectivity index (χ0n) is 22.9. The van der Waals surface area contributed by atoms with Crippen LogP contribution < -0.4 is 4.90 Å². The molecule has 7 aromatic carbocycles. The summed E-state index contributed by atoms with van der Waals surface area (Å²) in [6, 6.07) is 58.0. The molecule has 0 saturated carbocycles. The quantitative estimate of drug-likeness (QED) is 0.217. The highest BCUT2D eigenvalue weighted by Gasteiger charge is 2.15. The molecular formula is C40H27NO. The van der Waals surface area contributed by atoms with E-state index in [0.29, 0.717) is 0 Å². The summed E-state index contributed by atoms with van der Waals surface area (Å²) in [4.78, 5) is 2.31. The molecule has 8 aromatic rings. The van der Waals surface area contributed by atoms with Gasteiger partial charge >= 0.3 is 0 Å². The van der Waals surface area contributed by atoms with Crippen LogP contribution in [0.25, 0.3) is 55.0 Å². The van der Waals surface area contributed by atoms with E-state index >= 15 is 0 Å². The van der Waals surface area contributed by atoms with Gasteiger partial charge in [0.05, 0.1) is 0 Å². The molecule has 0 aliphatic carbocycles. The van der Waals surface area contributed by atoms with Crippen molar-refractivity contribution in [1.82, 2.24) is 0 Å². The molecule has 1 aromatic heterocycles. The van der Waals surface area contributed by atoms with E-state index in [4.69, 9.17) is 4.42 Å². The zero-order chi connectivity index (χ0) is 27.9. The summed E-state index contributed by atoms with van der Waals surface area (Å²) in [5.41, 5.74) is 9.99. The maximum Gasteiger partial charge on any atom is 0.136 e. The Morgan fingerprint density at radius 1 is 0.333 bits per heavy atom. The summed E-state index contributed by atoms with van der Waals surface area (Å²) >= 11 is 0. The molecule has 2 heteroatoms. The van der Waals surface area contributed by atoms with Crippen molar-refractivity contribution in [3.63, 3.8) is 0 Å². The van der Waals surface area contributed by atoms with Gasteiger partial charge < -0.3 is 9.32 Å². The minimum absolute atomic E-state index is 0.911.